The Hall–Kier alpha value is -3.18. The topological polar surface area (TPSA) is 57.4 Å². The van der Waals surface area contributed by atoms with E-state index in [2.05, 4.69) is 76.1 Å². The zero-order chi connectivity index (χ0) is 21.9. The van der Waals surface area contributed by atoms with Crippen LogP contribution in [0.3, 0.4) is 0 Å². The summed E-state index contributed by atoms with van der Waals surface area (Å²) in [5, 5.41) is 0. The molecule has 8 bridgehead atoms. The third-order valence-electron chi connectivity index (χ3n) is 4.84. The number of halogens is 1. The van der Waals surface area contributed by atoms with Gasteiger partial charge in [0.25, 0.3) is 0 Å². The summed E-state index contributed by atoms with van der Waals surface area (Å²) in [5.41, 5.74) is 7.86. The van der Waals surface area contributed by atoms with Gasteiger partial charge in [-0.15, -0.1) is 0 Å². The van der Waals surface area contributed by atoms with E-state index in [0.29, 0.717) is 0 Å². The standard InChI is InChI=1S/C20H14N4.C6H4Br.Fe/c1-2-14-10-16-5-6-18(23-16)12-20-8-7-19(24-20)11-17-4-3-15(22-17)9-13(1)21-14;7-6-4-2-1-3-5-6;/h1-12,21,24H;2-5H;. The average Bonchev–Trinajstić information content (AvgIpc) is 3.57. The Bertz CT molecular complexity index is 1300. The molecule has 3 aromatic heterocycles. The first-order chi connectivity index (χ1) is 15.6. The first-order valence-corrected chi connectivity index (χ1v) is 11.4. The molecule has 0 fully saturated rings. The normalized spacial score (nSPS) is 11.8. The van der Waals surface area contributed by atoms with E-state index in [-0.39, 0.29) is 0 Å². The van der Waals surface area contributed by atoms with Crippen molar-refractivity contribution < 1.29 is 16.0 Å². The number of hydrogen-bond donors (Lipinski definition) is 2. The second-order valence-corrected chi connectivity index (χ2v) is 8.88. The Balaban J connectivity index is 0.000000230. The first kappa shape index (κ1) is 20.7. The Morgan fingerprint density at radius 2 is 0.875 bits per heavy atom. The summed E-state index contributed by atoms with van der Waals surface area (Å²) < 4.78 is 2.15. The van der Waals surface area contributed by atoms with E-state index >= 15 is 0 Å². The van der Waals surface area contributed by atoms with Crippen LogP contribution in [-0.4, -0.2) is 19.9 Å². The molecule has 4 nitrogen and oxygen atoms in total. The molecule has 0 radical (unpaired) electrons. The van der Waals surface area contributed by atoms with E-state index in [1.807, 2.05) is 72.8 Å². The second-order valence-electron chi connectivity index (χ2n) is 7.33. The molecule has 5 heterocycles. The fourth-order valence-electron chi connectivity index (χ4n) is 3.37. The summed E-state index contributed by atoms with van der Waals surface area (Å²) in [4.78, 5) is 16.0. The van der Waals surface area contributed by atoms with Crippen molar-refractivity contribution in [3.8, 4) is 0 Å². The Labute approximate surface area is 202 Å². The van der Waals surface area contributed by atoms with E-state index in [0.717, 1.165) is 53.8 Å². The second kappa shape index (κ2) is 9.13. The molecule has 157 valence electrons. The molecule has 2 aliphatic rings. The van der Waals surface area contributed by atoms with Crippen molar-refractivity contribution in [2.75, 3.05) is 0 Å². The van der Waals surface area contributed by atoms with Crippen molar-refractivity contribution >= 4 is 66.8 Å². The number of nitrogens with one attached hydrogen (secondary N) is 2. The van der Waals surface area contributed by atoms with Gasteiger partial charge in [0.2, 0.25) is 0 Å². The van der Waals surface area contributed by atoms with Gasteiger partial charge < -0.3 is 9.97 Å². The summed E-state index contributed by atoms with van der Waals surface area (Å²) >= 11 is 7.06. The number of rotatable bonds is 0. The molecule has 0 amide bonds. The van der Waals surface area contributed by atoms with Gasteiger partial charge in [-0.05, 0) is 72.8 Å². The molecule has 2 aliphatic heterocycles. The van der Waals surface area contributed by atoms with Crippen LogP contribution in [-0.2, 0) is 16.0 Å². The quantitative estimate of drug-likeness (QED) is 0.231. The molecule has 0 spiro atoms. The van der Waals surface area contributed by atoms with Crippen molar-refractivity contribution in [2.45, 2.75) is 0 Å². The molecule has 0 atom stereocenters. The molecule has 0 unspecified atom stereocenters. The number of benzene rings is 1. The first-order valence-electron chi connectivity index (χ1n) is 10.0. The Kier molecular flexibility index (Phi) is 5.91. The molecule has 32 heavy (non-hydrogen) atoms. The summed E-state index contributed by atoms with van der Waals surface area (Å²) in [6, 6.07) is 24.2. The Morgan fingerprint density at radius 3 is 1.19 bits per heavy atom. The molecular weight excluding hydrogens is 504 g/mol. The molecule has 0 saturated carbocycles. The van der Waals surface area contributed by atoms with E-state index in [9.17, 15) is 0 Å². The van der Waals surface area contributed by atoms with Gasteiger partial charge in [0, 0.05) is 22.1 Å². The van der Waals surface area contributed by atoms with Crippen molar-refractivity contribution in [1.29, 1.82) is 0 Å². The average molecular weight is 522 g/mol. The van der Waals surface area contributed by atoms with Crippen LogP contribution >= 0.6 is 15.9 Å². The van der Waals surface area contributed by atoms with Crippen molar-refractivity contribution in [2.24, 2.45) is 0 Å². The maximum absolute atomic E-state index is 4.63. The molecule has 0 saturated heterocycles. The van der Waals surface area contributed by atoms with Gasteiger partial charge in [0.05, 0.1) is 22.8 Å². The maximum atomic E-state index is 4.63. The van der Waals surface area contributed by atoms with Gasteiger partial charge in [-0.1, -0.05) is 0 Å². The van der Waals surface area contributed by atoms with Crippen molar-refractivity contribution in [3.63, 3.8) is 0 Å². The van der Waals surface area contributed by atoms with E-state index < -0.39 is 0 Å². The van der Waals surface area contributed by atoms with Gasteiger partial charge in [-0.2, -0.15) is 0 Å². The molecule has 6 heteroatoms. The van der Waals surface area contributed by atoms with Crippen LogP contribution < -0.4 is 4.46 Å². The minimum atomic E-state index is 0.939. The predicted molar refractivity (Wildman–Crippen MR) is 133 cm³/mol. The van der Waals surface area contributed by atoms with E-state index in [1.165, 1.54) is 0 Å². The third kappa shape index (κ3) is 5.17. The van der Waals surface area contributed by atoms with Crippen LogP contribution in [0.1, 0.15) is 22.8 Å². The van der Waals surface area contributed by atoms with Crippen LogP contribution in [0.25, 0.3) is 46.4 Å². The molecule has 2 N–H and O–H groups in total. The number of fused-ring (bicyclic) bond motifs is 8. The van der Waals surface area contributed by atoms with Crippen LogP contribution in [0.15, 0.2) is 77.3 Å². The fourth-order valence-corrected chi connectivity index (χ4v) is 3.82. The monoisotopic (exact) mass is 521 g/mol. The zero-order valence-electron chi connectivity index (χ0n) is 16.9. The third-order valence-corrected chi connectivity index (χ3v) is 5.73. The van der Waals surface area contributed by atoms with Gasteiger partial charge in [-0.25, -0.2) is 9.97 Å². The van der Waals surface area contributed by atoms with E-state index in [1.54, 1.807) is 0 Å². The molecular formula is C26H18BrFeN4. The number of hydrogen-bond acceptors (Lipinski definition) is 2. The molecule has 6 rings (SSSR count). The number of nitrogens with zero attached hydrogens (tertiary/aromatic N) is 2. The number of aromatic amines is 2. The number of H-pyrrole nitrogens is 2. The molecule has 4 aromatic rings. The number of aromatic nitrogens is 4. The minimum absolute atomic E-state index is 0.939. The van der Waals surface area contributed by atoms with Gasteiger partial charge in [-0.3, -0.25) is 0 Å². The fraction of sp³-hybridized carbons (Fsp3) is 0. The van der Waals surface area contributed by atoms with Crippen LogP contribution in [0.5, 0.6) is 0 Å². The van der Waals surface area contributed by atoms with Gasteiger partial charge in [0.1, 0.15) is 0 Å². The van der Waals surface area contributed by atoms with Crippen LogP contribution in [0, 0.1) is 0 Å². The van der Waals surface area contributed by atoms with Crippen LogP contribution in [0.4, 0.5) is 0 Å². The summed E-state index contributed by atoms with van der Waals surface area (Å²) in [6.45, 7) is 0. The zero-order valence-corrected chi connectivity index (χ0v) is 19.6. The molecule has 1 aromatic carbocycles. The SMILES string of the molecule is C1=Cc2cc3ccc(cc4nc(cc5ccc(cc1n2)[nH]5)C=C4)[nH]3.[Fe][c]1ccc(Br)cc1. The van der Waals surface area contributed by atoms with Gasteiger partial charge >= 0.3 is 65.1 Å². The predicted octanol–water partition coefficient (Wildman–Crippen LogP) is 6.28. The van der Waals surface area contributed by atoms with E-state index in [4.69, 9.17) is 0 Å². The summed E-state index contributed by atoms with van der Waals surface area (Å²) in [5.74, 6) is 0. The molecule has 0 aliphatic carbocycles. The van der Waals surface area contributed by atoms with Crippen LogP contribution in [0.2, 0.25) is 0 Å². The Morgan fingerprint density at radius 1 is 0.531 bits per heavy atom. The summed E-state index contributed by atoms with van der Waals surface area (Å²) in [6.07, 6.45) is 8.09. The summed E-state index contributed by atoms with van der Waals surface area (Å²) in [7, 11) is 0. The van der Waals surface area contributed by atoms with Crippen molar-refractivity contribution in [3.05, 3.63) is 100 Å². The van der Waals surface area contributed by atoms with Crippen molar-refractivity contribution in [1.82, 2.24) is 19.9 Å². The van der Waals surface area contributed by atoms with Gasteiger partial charge in [0.15, 0.2) is 0 Å².